The lowest BCUT2D eigenvalue weighted by Crippen LogP contribution is -2.44. The van der Waals surface area contributed by atoms with Crippen LogP contribution in [-0.4, -0.2) is 42.0 Å². The lowest BCUT2D eigenvalue weighted by Gasteiger charge is -2.38. The smallest absolute Gasteiger partial charge is 0.273 e. The Bertz CT molecular complexity index is 705. The molecule has 0 radical (unpaired) electrons. The van der Waals surface area contributed by atoms with Crippen molar-refractivity contribution in [1.82, 2.24) is 15.2 Å². The molecule has 2 aromatic rings. The van der Waals surface area contributed by atoms with Gasteiger partial charge in [-0.3, -0.25) is 4.79 Å². The van der Waals surface area contributed by atoms with Crippen molar-refractivity contribution in [3.05, 3.63) is 29.0 Å². The van der Waals surface area contributed by atoms with Crippen LogP contribution in [0, 0.1) is 12.3 Å². The van der Waals surface area contributed by atoms with Crippen LogP contribution in [0.25, 0.3) is 10.8 Å². The second kappa shape index (κ2) is 5.76. The van der Waals surface area contributed by atoms with Gasteiger partial charge < -0.3 is 14.6 Å². The monoisotopic (exact) mass is 331 g/mol. The highest BCUT2D eigenvalue weighted by Crippen LogP contribution is 2.37. The number of piperidine rings is 1. The van der Waals surface area contributed by atoms with Crippen LogP contribution in [0.15, 0.2) is 21.9 Å². The fourth-order valence-corrected chi connectivity index (χ4v) is 4.36. The number of aryl methyl sites for hydroxylation is 1. The van der Waals surface area contributed by atoms with Crippen molar-refractivity contribution in [2.75, 3.05) is 26.2 Å². The first kappa shape index (κ1) is 14.9. The van der Waals surface area contributed by atoms with Crippen molar-refractivity contribution in [2.24, 2.45) is 5.41 Å². The largest absolute Gasteiger partial charge is 0.459 e. The van der Waals surface area contributed by atoms with Crippen LogP contribution in [-0.2, 0) is 0 Å². The van der Waals surface area contributed by atoms with Crippen LogP contribution in [0.4, 0.5) is 0 Å². The van der Waals surface area contributed by atoms with E-state index < -0.39 is 0 Å². The molecule has 1 amide bonds. The summed E-state index contributed by atoms with van der Waals surface area (Å²) in [7, 11) is 0. The number of amides is 1. The maximum atomic E-state index is 12.7. The summed E-state index contributed by atoms with van der Waals surface area (Å²) < 4.78 is 5.59. The van der Waals surface area contributed by atoms with E-state index in [0.717, 1.165) is 55.5 Å². The molecule has 2 fully saturated rings. The fraction of sp³-hybridized carbons (Fsp3) is 0.529. The SMILES string of the molecule is Cc1ccc(-c2nc(C(=O)N3CCC4(CCNC4)CC3)cs2)o1. The highest BCUT2D eigenvalue weighted by atomic mass is 32.1. The molecule has 23 heavy (non-hydrogen) atoms. The number of likely N-dealkylation sites (tertiary alicyclic amines) is 1. The standard InChI is InChI=1S/C17H21N3O2S/c1-12-2-3-14(22-12)15-19-13(10-23-15)16(21)20-8-5-17(6-9-20)4-7-18-11-17/h2-3,10,18H,4-9,11H2,1H3. The first-order valence-corrected chi connectivity index (χ1v) is 9.06. The maximum absolute atomic E-state index is 12.7. The Morgan fingerprint density at radius 2 is 2.17 bits per heavy atom. The van der Waals surface area contributed by atoms with Crippen LogP contribution in [0.2, 0.25) is 0 Å². The van der Waals surface area contributed by atoms with Gasteiger partial charge in [0.05, 0.1) is 0 Å². The predicted molar refractivity (Wildman–Crippen MR) is 89.6 cm³/mol. The van der Waals surface area contributed by atoms with Crippen LogP contribution in [0.5, 0.6) is 0 Å². The summed E-state index contributed by atoms with van der Waals surface area (Å²) in [4.78, 5) is 19.1. The van der Waals surface area contributed by atoms with Crippen molar-refractivity contribution in [1.29, 1.82) is 0 Å². The third-order valence-corrected chi connectivity index (χ3v) is 5.97. The number of nitrogens with zero attached hydrogens (tertiary/aromatic N) is 2. The normalized spacial score (nSPS) is 20.3. The molecular weight excluding hydrogens is 310 g/mol. The molecule has 0 saturated carbocycles. The van der Waals surface area contributed by atoms with Gasteiger partial charge in [-0.2, -0.15) is 0 Å². The third kappa shape index (κ3) is 2.81. The minimum atomic E-state index is 0.0524. The predicted octanol–water partition coefficient (Wildman–Crippen LogP) is 2.93. The zero-order valence-electron chi connectivity index (χ0n) is 13.3. The lowest BCUT2D eigenvalue weighted by atomic mass is 9.78. The minimum absolute atomic E-state index is 0.0524. The average molecular weight is 331 g/mol. The van der Waals surface area contributed by atoms with E-state index in [0.29, 0.717) is 11.1 Å². The van der Waals surface area contributed by atoms with Gasteiger partial charge in [-0.25, -0.2) is 4.98 Å². The second-order valence-corrected chi connectivity index (χ2v) is 7.53. The highest BCUT2D eigenvalue weighted by Gasteiger charge is 2.38. The van der Waals surface area contributed by atoms with E-state index in [-0.39, 0.29) is 5.91 Å². The number of carbonyl (C=O) groups is 1. The zero-order valence-corrected chi connectivity index (χ0v) is 14.1. The Labute approximate surface area is 139 Å². The Morgan fingerprint density at radius 1 is 1.35 bits per heavy atom. The first-order chi connectivity index (χ1) is 11.2. The molecule has 4 rings (SSSR count). The Balaban J connectivity index is 1.44. The number of rotatable bonds is 2. The quantitative estimate of drug-likeness (QED) is 0.919. The van der Waals surface area contributed by atoms with Gasteiger partial charge in [0, 0.05) is 25.0 Å². The lowest BCUT2D eigenvalue weighted by molar-refractivity contribution is 0.0603. The third-order valence-electron chi connectivity index (χ3n) is 5.12. The highest BCUT2D eigenvalue weighted by molar-refractivity contribution is 7.13. The molecule has 0 atom stereocenters. The van der Waals surface area contributed by atoms with Gasteiger partial charge in [0.1, 0.15) is 11.5 Å². The van der Waals surface area contributed by atoms with Gasteiger partial charge in [0.2, 0.25) is 0 Å². The van der Waals surface area contributed by atoms with Crippen LogP contribution >= 0.6 is 11.3 Å². The van der Waals surface area contributed by atoms with E-state index >= 15 is 0 Å². The number of aromatic nitrogens is 1. The molecule has 2 aliphatic rings. The molecule has 1 N–H and O–H groups in total. The number of furan rings is 1. The summed E-state index contributed by atoms with van der Waals surface area (Å²) in [6.45, 7) is 5.81. The molecule has 6 heteroatoms. The number of carbonyl (C=O) groups excluding carboxylic acids is 1. The summed E-state index contributed by atoms with van der Waals surface area (Å²) in [5.74, 6) is 1.65. The summed E-state index contributed by atoms with van der Waals surface area (Å²) in [5.41, 5.74) is 0.968. The summed E-state index contributed by atoms with van der Waals surface area (Å²) in [6, 6.07) is 3.82. The van der Waals surface area contributed by atoms with Gasteiger partial charge in [-0.05, 0) is 50.3 Å². The minimum Gasteiger partial charge on any atom is -0.459 e. The molecule has 0 bridgehead atoms. The molecule has 2 aromatic heterocycles. The molecule has 1 spiro atoms. The molecule has 5 nitrogen and oxygen atoms in total. The van der Waals surface area contributed by atoms with E-state index in [9.17, 15) is 4.79 Å². The van der Waals surface area contributed by atoms with E-state index in [1.54, 1.807) is 0 Å². The first-order valence-electron chi connectivity index (χ1n) is 8.18. The summed E-state index contributed by atoms with van der Waals surface area (Å²) in [6.07, 6.45) is 3.44. The van der Waals surface area contributed by atoms with E-state index in [1.165, 1.54) is 17.8 Å². The number of hydrogen-bond acceptors (Lipinski definition) is 5. The van der Waals surface area contributed by atoms with Crippen LogP contribution in [0.1, 0.15) is 35.5 Å². The molecule has 4 heterocycles. The molecule has 0 aliphatic carbocycles. The number of thiazole rings is 1. The van der Waals surface area contributed by atoms with Crippen LogP contribution in [0.3, 0.4) is 0 Å². The van der Waals surface area contributed by atoms with Gasteiger partial charge in [0.25, 0.3) is 5.91 Å². The van der Waals surface area contributed by atoms with E-state index in [1.807, 2.05) is 29.3 Å². The second-order valence-electron chi connectivity index (χ2n) is 6.67. The number of hydrogen-bond donors (Lipinski definition) is 1. The fourth-order valence-electron chi connectivity index (χ4n) is 3.60. The van der Waals surface area contributed by atoms with E-state index in [2.05, 4.69) is 10.3 Å². The molecule has 0 aromatic carbocycles. The molecule has 2 aliphatic heterocycles. The maximum Gasteiger partial charge on any atom is 0.273 e. The van der Waals surface area contributed by atoms with Crippen molar-refractivity contribution in [3.63, 3.8) is 0 Å². The van der Waals surface area contributed by atoms with Gasteiger partial charge >= 0.3 is 0 Å². The van der Waals surface area contributed by atoms with Crippen LogP contribution < -0.4 is 5.32 Å². The molecule has 0 unspecified atom stereocenters. The topological polar surface area (TPSA) is 58.4 Å². The summed E-state index contributed by atoms with van der Waals surface area (Å²) in [5, 5.41) is 6.07. The van der Waals surface area contributed by atoms with Crippen molar-refractivity contribution in [3.8, 4) is 10.8 Å². The van der Waals surface area contributed by atoms with Crippen molar-refractivity contribution >= 4 is 17.2 Å². The van der Waals surface area contributed by atoms with Crippen molar-refractivity contribution < 1.29 is 9.21 Å². The molecule has 2 saturated heterocycles. The van der Waals surface area contributed by atoms with Crippen molar-refractivity contribution in [2.45, 2.75) is 26.2 Å². The zero-order chi connectivity index (χ0) is 15.9. The van der Waals surface area contributed by atoms with E-state index in [4.69, 9.17) is 4.42 Å². The Hall–Kier alpha value is -1.66. The molecule has 122 valence electrons. The average Bonchev–Trinajstić information content (AvgIpc) is 3.28. The Kier molecular flexibility index (Phi) is 3.73. The number of nitrogens with one attached hydrogen (secondary N) is 1. The van der Waals surface area contributed by atoms with Gasteiger partial charge in [-0.15, -0.1) is 11.3 Å². The van der Waals surface area contributed by atoms with Gasteiger partial charge in [-0.1, -0.05) is 0 Å². The Morgan fingerprint density at radius 3 is 2.83 bits per heavy atom. The van der Waals surface area contributed by atoms with Gasteiger partial charge in [0.15, 0.2) is 10.8 Å². The molecular formula is C17H21N3O2S. The summed E-state index contributed by atoms with van der Waals surface area (Å²) >= 11 is 1.46.